The summed E-state index contributed by atoms with van der Waals surface area (Å²) in [5, 5.41) is 3.60. The minimum Gasteiger partial charge on any atom is -0.306 e. The Labute approximate surface area is 123 Å². The number of benzene rings is 1. The van der Waals surface area contributed by atoms with Crippen molar-refractivity contribution in [2.24, 2.45) is 0 Å². The Balaban J connectivity index is 2.40. The number of aromatic nitrogens is 1. The van der Waals surface area contributed by atoms with Crippen LogP contribution in [0, 0.1) is 6.92 Å². The molecular weight excluding hydrogens is 300 g/mol. The molecule has 1 unspecified atom stereocenters. The molecule has 100 valence electrons. The van der Waals surface area contributed by atoms with E-state index in [1.165, 1.54) is 21.2 Å². The first-order valence-electron chi connectivity index (χ1n) is 6.62. The normalized spacial score (nSPS) is 12.4. The van der Waals surface area contributed by atoms with E-state index in [-0.39, 0.29) is 6.04 Å². The molecule has 0 aliphatic carbocycles. The zero-order chi connectivity index (χ0) is 13.7. The average Bonchev–Trinajstić information content (AvgIpc) is 2.45. The van der Waals surface area contributed by atoms with Gasteiger partial charge in [0.15, 0.2) is 0 Å². The molecule has 0 saturated heterocycles. The van der Waals surface area contributed by atoms with Gasteiger partial charge < -0.3 is 5.32 Å². The van der Waals surface area contributed by atoms with Gasteiger partial charge in [-0.3, -0.25) is 4.98 Å². The van der Waals surface area contributed by atoms with Crippen LogP contribution in [0.2, 0.25) is 0 Å². The molecule has 2 nitrogen and oxygen atoms in total. The van der Waals surface area contributed by atoms with Gasteiger partial charge in [-0.2, -0.15) is 0 Å². The molecule has 0 radical (unpaired) electrons. The topological polar surface area (TPSA) is 24.9 Å². The number of hydrogen-bond donors (Lipinski definition) is 1. The lowest BCUT2D eigenvalue weighted by atomic mass is 9.98. The van der Waals surface area contributed by atoms with E-state index in [9.17, 15) is 0 Å². The van der Waals surface area contributed by atoms with Crippen molar-refractivity contribution in [3.05, 3.63) is 63.9 Å². The molecule has 3 heteroatoms. The van der Waals surface area contributed by atoms with Gasteiger partial charge in [-0.25, -0.2) is 0 Å². The fourth-order valence-electron chi connectivity index (χ4n) is 2.14. The second kappa shape index (κ2) is 6.83. The highest BCUT2D eigenvalue weighted by atomic mass is 79.9. The van der Waals surface area contributed by atoms with Crippen LogP contribution in [0.4, 0.5) is 0 Å². The number of rotatable bonds is 5. The van der Waals surface area contributed by atoms with E-state index in [4.69, 9.17) is 0 Å². The summed E-state index contributed by atoms with van der Waals surface area (Å²) in [7, 11) is 0. The van der Waals surface area contributed by atoms with Gasteiger partial charge >= 0.3 is 0 Å². The van der Waals surface area contributed by atoms with Gasteiger partial charge in [-0.1, -0.05) is 47.1 Å². The summed E-state index contributed by atoms with van der Waals surface area (Å²) in [6, 6.07) is 10.7. The molecule has 0 aliphatic heterocycles. The van der Waals surface area contributed by atoms with Gasteiger partial charge in [0.25, 0.3) is 0 Å². The maximum absolute atomic E-state index is 4.24. The van der Waals surface area contributed by atoms with Crippen LogP contribution in [-0.2, 0) is 0 Å². The Bertz CT molecular complexity index is 526. The van der Waals surface area contributed by atoms with Crippen LogP contribution in [0.3, 0.4) is 0 Å². The van der Waals surface area contributed by atoms with Crippen molar-refractivity contribution in [1.29, 1.82) is 0 Å². The summed E-state index contributed by atoms with van der Waals surface area (Å²) in [6.07, 6.45) is 4.86. The van der Waals surface area contributed by atoms with Gasteiger partial charge in [-0.05, 0) is 42.6 Å². The Hall–Kier alpha value is -1.19. The molecule has 1 aromatic heterocycles. The highest BCUT2D eigenvalue weighted by Crippen LogP contribution is 2.30. The highest BCUT2D eigenvalue weighted by Gasteiger charge is 2.16. The lowest BCUT2D eigenvalue weighted by molar-refractivity contribution is 0.595. The quantitative estimate of drug-likeness (QED) is 0.891. The second-order valence-corrected chi connectivity index (χ2v) is 5.44. The highest BCUT2D eigenvalue weighted by molar-refractivity contribution is 9.10. The molecule has 1 heterocycles. The molecule has 1 aromatic carbocycles. The monoisotopic (exact) mass is 318 g/mol. The third-order valence-electron chi connectivity index (χ3n) is 3.15. The fourth-order valence-corrected chi connectivity index (χ4v) is 2.63. The number of pyridine rings is 1. The van der Waals surface area contributed by atoms with Crippen LogP contribution in [0.25, 0.3) is 0 Å². The van der Waals surface area contributed by atoms with Gasteiger partial charge in [0.2, 0.25) is 0 Å². The lowest BCUT2D eigenvalue weighted by Crippen LogP contribution is -2.23. The zero-order valence-electron chi connectivity index (χ0n) is 11.4. The van der Waals surface area contributed by atoms with Crippen LogP contribution in [0.1, 0.15) is 36.1 Å². The van der Waals surface area contributed by atoms with Gasteiger partial charge in [0.05, 0.1) is 6.04 Å². The SMILES string of the molecule is CCCNC(c1cccnc1)c1cccc(C)c1Br. The summed E-state index contributed by atoms with van der Waals surface area (Å²) in [5.41, 5.74) is 3.72. The molecule has 0 saturated carbocycles. The third-order valence-corrected chi connectivity index (χ3v) is 4.23. The van der Waals surface area contributed by atoms with E-state index in [0.717, 1.165) is 13.0 Å². The van der Waals surface area contributed by atoms with Crippen LogP contribution >= 0.6 is 15.9 Å². The van der Waals surface area contributed by atoms with E-state index in [1.54, 1.807) is 0 Å². The third kappa shape index (κ3) is 3.43. The summed E-state index contributed by atoms with van der Waals surface area (Å²) >= 11 is 3.71. The lowest BCUT2D eigenvalue weighted by Gasteiger charge is -2.21. The number of nitrogens with zero attached hydrogens (tertiary/aromatic N) is 1. The minimum absolute atomic E-state index is 0.183. The average molecular weight is 319 g/mol. The Morgan fingerprint density at radius 3 is 2.79 bits per heavy atom. The first kappa shape index (κ1) is 14.2. The molecule has 1 atom stereocenters. The molecule has 0 spiro atoms. The van der Waals surface area contributed by atoms with Crippen molar-refractivity contribution < 1.29 is 0 Å². The Kier molecular flexibility index (Phi) is 5.11. The molecule has 2 rings (SSSR count). The first-order valence-corrected chi connectivity index (χ1v) is 7.41. The molecular formula is C16H19BrN2. The van der Waals surface area contributed by atoms with E-state index in [0.29, 0.717) is 0 Å². The zero-order valence-corrected chi connectivity index (χ0v) is 12.9. The van der Waals surface area contributed by atoms with Crippen molar-refractivity contribution in [1.82, 2.24) is 10.3 Å². The summed E-state index contributed by atoms with van der Waals surface area (Å²) in [6.45, 7) is 5.28. The Morgan fingerprint density at radius 2 is 2.11 bits per heavy atom. The number of hydrogen-bond acceptors (Lipinski definition) is 2. The molecule has 0 bridgehead atoms. The van der Waals surface area contributed by atoms with E-state index in [1.807, 2.05) is 18.5 Å². The predicted octanol–water partition coefficient (Wildman–Crippen LogP) is 4.24. The number of aryl methyl sites for hydroxylation is 1. The molecule has 19 heavy (non-hydrogen) atoms. The summed E-state index contributed by atoms with van der Waals surface area (Å²) in [4.78, 5) is 4.24. The van der Waals surface area contributed by atoms with E-state index in [2.05, 4.69) is 64.3 Å². The van der Waals surface area contributed by atoms with Crippen molar-refractivity contribution in [2.75, 3.05) is 6.54 Å². The van der Waals surface area contributed by atoms with Crippen LogP contribution in [-0.4, -0.2) is 11.5 Å². The molecule has 2 aromatic rings. The van der Waals surface area contributed by atoms with Crippen molar-refractivity contribution in [3.63, 3.8) is 0 Å². The minimum atomic E-state index is 0.183. The van der Waals surface area contributed by atoms with E-state index >= 15 is 0 Å². The maximum atomic E-state index is 4.24. The summed E-state index contributed by atoms with van der Waals surface area (Å²) in [5.74, 6) is 0. The van der Waals surface area contributed by atoms with Gasteiger partial charge in [0, 0.05) is 16.9 Å². The standard InChI is InChI=1S/C16H19BrN2/c1-3-9-19-16(13-7-5-10-18-11-13)14-8-4-6-12(2)15(14)17/h4-8,10-11,16,19H,3,9H2,1-2H3. The first-order chi connectivity index (χ1) is 9.24. The second-order valence-electron chi connectivity index (χ2n) is 4.65. The van der Waals surface area contributed by atoms with Crippen LogP contribution in [0.5, 0.6) is 0 Å². The van der Waals surface area contributed by atoms with Gasteiger partial charge in [-0.15, -0.1) is 0 Å². The molecule has 0 fully saturated rings. The van der Waals surface area contributed by atoms with Crippen LogP contribution < -0.4 is 5.32 Å². The number of halogens is 1. The summed E-state index contributed by atoms with van der Waals surface area (Å²) < 4.78 is 1.17. The van der Waals surface area contributed by atoms with Crippen molar-refractivity contribution in [3.8, 4) is 0 Å². The maximum Gasteiger partial charge on any atom is 0.0603 e. The van der Waals surface area contributed by atoms with E-state index < -0.39 is 0 Å². The van der Waals surface area contributed by atoms with Crippen molar-refractivity contribution >= 4 is 15.9 Å². The van der Waals surface area contributed by atoms with Gasteiger partial charge in [0.1, 0.15) is 0 Å². The smallest absolute Gasteiger partial charge is 0.0603 e. The Morgan fingerprint density at radius 1 is 1.26 bits per heavy atom. The largest absolute Gasteiger partial charge is 0.306 e. The number of nitrogens with one attached hydrogen (secondary N) is 1. The molecule has 0 aliphatic rings. The van der Waals surface area contributed by atoms with Crippen molar-refractivity contribution in [2.45, 2.75) is 26.3 Å². The van der Waals surface area contributed by atoms with Crippen LogP contribution in [0.15, 0.2) is 47.2 Å². The molecule has 1 N–H and O–H groups in total. The fraction of sp³-hybridized carbons (Fsp3) is 0.312. The predicted molar refractivity (Wildman–Crippen MR) is 83.3 cm³/mol. The molecule has 0 amide bonds.